The van der Waals surface area contributed by atoms with Crippen LogP contribution in [-0.4, -0.2) is 33.3 Å². The molecule has 2 aromatic rings. The molecular weight excluding hydrogens is 384 g/mol. The molecule has 2 heterocycles. The van der Waals surface area contributed by atoms with E-state index in [2.05, 4.69) is 15.6 Å². The number of aromatic nitrogens is 2. The molecule has 0 bridgehead atoms. The SMILES string of the molecule is Cn1c(SCC(=O)NC(=O)NC2CCCC2)nc2sc3c(c2c1=O)CCC3. The predicted molar refractivity (Wildman–Crippen MR) is 107 cm³/mol. The summed E-state index contributed by atoms with van der Waals surface area (Å²) in [5, 5.41) is 6.42. The zero-order chi connectivity index (χ0) is 19.0. The number of imide groups is 1. The molecule has 4 rings (SSSR count). The number of carbonyl (C=O) groups excluding carboxylic acids is 2. The fourth-order valence-electron chi connectivity index (χ4n) is 3.82. The maximum absolute atomic E-state index is 12.7. The molecule has 2 aliphatic rings. The van der Waals surface area contributed by atoms with Crippen molar-refractivity contribution < 1.29 is 9.59 Å². The molecule has 3 amide bonds. The highest BCUT2D eigenvalue weighted by atomic mass is 32.2. The van der Waals surface area contributed by atoms with E-state index in [0.29, 0.717) is 5.16 Å². The molecule has 9 heteroatoms. The summed E-state index contributed by atoms with van der Waals surface area (Å²) in [6, 6.07) is -0.282. The van der Waals surface area contributed by atoms with E-state index in [0.717, 1.165) is 60.7 Å². The van der Waals surface area contributed by atoms with Gasteiger partial charge in [-0.25, -0.2) is 9.78 Å². The van der Waals surface area contributed by atoms with Crippen molar-refractivity contribution in [3.05, 3.63) is 20.8 Å². The Labute approximate surface area is 164 Å². The van der Waals surface area contributed by atoms with Crippen molar-refractivity contribution in [1.29, 1.82) is 0 Å². The Morgan fingerprint density at radius 1 is 1.26 bits per heavy atom. The summed E-state index contributed by atoms with van der Waals surface area (Å²) in [6.07, 6.45) is 7.21. The Hall–Kier alpha value is -1.87. The lowest BCUT2D eigenvalue weighted by Gasteiger charge is -2.12. The van der Waals surface area contributed by atoms with Gasteiger partial charge in [0.1, 0.15) is 4.83 Å². The Balaban J connectivity index is 1.41. The summed E-state index contributed by atoms with van der Waals surface area (Å²) in [5.74, 6) is -0.354. The lowest BCUT2D eigenvalue weighted by atomic mass is 10.2. The summed E-state index contributed by atoms with van der Waals surface area (Å²) < 4.78 is 1.50. The third kappa shape index (κ3) is 3.75. The molecule has 0 saturated heterocycles. The van der Waals surface area contributed by atoms with Crippen LogP contribution >= 0.6 is 23.1 Å². The summed E-state index contributed by atoms with van der Waals surface area (Å²) in [5.41, 5.74) is 1.10. The van der Waals surface area contributed by atoms with E-state index in [1.807, 2.05) is 0 Å². The molecule has 2 N–H and O–H groups in total. The Morgan fingerprint density at radius 3 is 2.81 bits per heavy atom. The first-order valence-electron chi connectivity index (χ1n) is 9.27. The molecule has 0 atom stereocenters. The van der Waals surface area contributed by atoms with Crippen molar-refractivity contribution in [2.24, 2.45) is 7.05 Å². The maximum atomic E-state index is 12.7. The van der Waals surface area contributed by atoms with Gasteiger partial charge in [-0.3, -0.25) is 19.5 Å². The third-order valence-electron chi connectivity index (χ3n) is 5.18. The second-order valence-electron chi connectivity index (χ2n) is 7.09. The number of urea groups is 1. The zero-order valence-corrected chi connectivity index (χ0v) is 16.8. The minimum atomic E-state index is -0.445. The van der Waals surface area contributed by atoms with E-state index >= 15 is 0 Å². The van der Waals surface area contributed by atoms with Crippen molar-refractivity contribution in [2.45, 2.75) is 56.1 Å². The first-order chi connectivity index (χ1) is 13.0. The molecule has 2 aliphatic carbocycles. The second kappa shape index (κ2) is 7.63. The maximum Gasteiger partial charge on any atom is 0.321 e. The molecular formula is C18H22N4O3S2. The normalized spacial score (nSPS) is 16.6. The topological polar surface area (TPSA) is 93.1 Å². The van der Waals surface area contributed by atoms with Crippen molar-refractivity contribution in [3.63, 3.8) is 0 Å². The molecule has 0 unspecified atom stereocenters. The number of nitrogens with one attached hydrogen (secondary N) is 2. The van der Waals surface area contributed by atoms with E-state index in [1.54, 1.807) is 18.4 Å². The smallest absolute Gasteiger partial charge is 0.321 e. The molecule has 1 saturated carbocycles. The number of carbonyl (C=O) groups is 2. The number of amides is 3. The van der Waals surface area contributed by atoms with Crippen LogP contribution in [-0.2, 0) is 24.7 Å². The fourth-order valence-corrected chi connectivity index (χ4v) is 5.89. The molecule has 144 valence electrons. The number of nitrogens with zero attached hydrogens (tertiary/aromatic N) is 2. The van der Waals surface area contributed by atoms with Crippen molar-refractivity contribution in [3.8, 4) is 0 Å². The second-order valence-corrected chi connectivity index (χ2v) is 9.11. The van der Waals surface area contributed by atoms with Gasteiger partial charge in [0, 0.05) is 18.0 Å². The molecule has 0 radical (unpaired) electrons. The number of hydrogen-bond acceptors (Lipinski definition) is 6. The quantitative estimate of drug-likeness (QED) is 0.601. The number of rotatable bonds is 4. The summed E-state index contributed by atoms with van der Waals surface area (Å²) >= 11 is 2.76. The highest BCUT2D eigenvalue weighted by Gasteiger charge is 2.23. The average Bonchev–Trinajstić information content (AvgIpc) is 3.33. The molecule has 7 nitrogen and oxygen atoms in total. The highest BCUT2D eigenvalue weighted by Crippen LogP contribution is 2.35. The monoisotopic (exact) mass is 406 g/mol. The van der Waals surface area contributed by atoms with Crippen LogP contribution in [0.3, 0.4) is 0 Å². The number of fused-ring (bicyclic) bond motifs is 3. The molecule has 0 aromatic carbocycles. The van der Waals surface area contributed by atoms with Gasteiger partial charge in [-0.05, 0) is 37.7 Å². The fraction of sp³-hybridized carbons (Fsp3) is 0.556. The molecule has 27 heavy (non-hydrogen) atoms. The summed E-state index contributed by atoms with van der Waals surface area (Å²) in [6.45, 7) is 0. The lowest BCUT2D eigenvalue weighted by molar-refractivity contribution is -0.117. The Morgan fingerprint density at radius 2 is 2.04 bits per heavy atom. The third-order valence-corrected chi connectivity index (χ3v) is 7.40. The minimum absolute atomic E-state index is 0.0367. The highest BCUT2D eigenvalue weighted by molar-refractivity contribution is 7.99. The first kappa shape index (κ1) is 18.5. The van der Waals surface area contributed by atoms with Crippen LogP contribution in [0.5, 0.6) is 0 Å². The van der Waals surface area contributed by atoms with Crippen LogP contribution < -0.4 is 16.2 Å². The van der Waals surface area contributed by atoms with E-state index in [-0.39, 0.29) is 17.4 Å². The van der Waals surface area contributed by atoms with Crippen LogP contribution in [0.1, 0.15) is 42.5 Å². The van der Waals surface area contributed by atoms with Gasteiger partial charge in [-0.2, -0.15) is 0 Å². The van der Waals surface area contributed by atoms with Gasteiger partial charge < -0.3 is 5.32 Å². The van der Waals surface area contributed by atoms with E-state index in [9.17, 15) is 14.4 Å². The minimum Gasteiger partial charge on any atom is -0.335 e. The Bertz CT molecular complexity index is 960. The molecule has 0 aliphatic heterocycles. The van der Waals surface area contributed by atoms with Gasteiger partial charge >= 0.3 is 6.03 Å². The van der Waals surface area contributed by atoms with Gasteiger partial charge in [-0.15, -0.1) is 11.3 Å². The van der Waals surface area contributed by atoms with Gasteiger partial charge in [0.25, 0.3) is 5.56 Å². The van der Waals surface area contributed by atoms with Crippen molar-refractivity contribution in [2.75, 3.05) is 5.75 Å². The first-order valence-corrected chi connectivity index (χ1v) is 11.1. The number of thioether (sulfide) groups is 1. The predicted octanol–water partition coefficient (Wildman–Crippen LogP) is 2.34. The largest absolute Gasteiger partial charge is 0.335 e. The zero-order valence-electron chi connectivity index (χ0n) is 15.2. The summed E-state index contributed by atoms with van der Waals surface area (Å²) in [7, 11) is 1.68. The van der Waals surface area contributed by atoms with E-state index in [4.69, 9.17) is 0 Å². The van der Waals surface area contributed by atoms with Crippen LogP contribution in [0.2, 0.25) is 0 Å². The number of thiophene rings is 1. The van der Waals surface area contributed by atoms with E-state index < -0.39 is 11.9 Å². The van der Waals surface area contributed by atoms with Gasteiger partial charge in [-0.1, -0.05) is 24.6 Å². The van der Waals surface area contributed by atoms with Gasteiger partial charge in [0.05, 0.1) is 11.1 Å². The van der Waals surface area contributed by atoms with Crippen LogP contribution in [0.15, 0.2) is 9.95 Å². The molecule has 0 spiro atoms. The standard InChI is InChI=1S/C18H22N4O3S2/c1-22-16(24)14-11-7-4-8-12(11)27-15(14)21-18(22)26-9-13(23)20-17(25)19-10-5-2-3-6-10/h10H,2-9H2,1H3,(H2,19,20,23,25). The summed E-state index contributed by atoms with van der Waals surface area (Å²) in [4.78, 5) is 43.3. The van der Waals surface area contributed by atoms with E-state index in [1.165, 1.54) is 21.2 Å². The lowest BCUT2D eigenvalue weighted by Crippen LogP contribution is -2.44. The van der Waals surface area contributed by atoms with Crippen molar-refractivity contribution in [1.82, 2.24) is 20.2 Å². The number of aryl methyl sites for hydroxylation is 2. The molecule has 1 fully saturated rings. The van der Waals surface area contributed by atoms with Crippen molar-refractivity contribution >= 4 is 45.3 Å². The van der Waals surface area contributed by atoms with Gasteiger partial charge in [0.2, 0.25) is 5.91 Å². The Kier molecular flexibility index (Phi) is 5.23. The van der Waals surface area contributed by atoms with Crippen LogP contribution in [0.4, 0.5) is 4.79 Å². The van der Waals surface area contributed by atoms with Crippen LogP contribution in [0.25, 0.3) is 10.2 Å². The average molecular weight is 407 g/mol. The number of hydrogen-bond donors (Lipinski definition) is 2. The van der Waals surface area contributed by atoms with Crippen LogP contribution in [0, 0.1) is 0 Å². The van der Waals surface area contributed by atoms with Gasteiger partial charge in [0.15, 0.2) is 5.16 Å². The molecule has 2 aromatic heterocycles.